The molecule has 0 aliphatic heterocycles. The molecule has 0 aromatic rings. The third-order valence-corrected chi connectivity index (χ3v) is 6.19. The molecule has 0 spiro atoms. The summed E-state index contributed by atoms with van der Waals surface area (Å²) in [5, 5.41) is 8.93. The summed E-state index contributed by atoms with van der Waals surface area (Å²) in [7, 11) is 0. The topological polar surface area (TPSA) is 204 Å². The van der Waals surface area contributed by atoms with Crippen LogP contribution in [0.25, 0.3) is 0 Å². The Balaban J connectivity index is 6.74. The molecule has 0 aromatic heterocycles. The van der Waals surface area contributed by atoms with E-state index in [1.165, 1.54) is 34.6 Å². The number of esters is 6. The molecule has 0 aliphatic carbocycles. The number of carbonyl (C=O) groups excluding carboxylic acids is 6. The molecule has 0 fully saturated rings. The first-order valence-electron chi connectivity index (χ1n) is 14.7. The van der Waals surface area contributed by atoms with Crippen LogP contribution >= 0.6 is 0 Å². The molecule has 272 valence electrons. The molecule has 0 saturated carbocycles. The number of carboxylic acid groups (broad SMARTS) is 1. The minimum atomic E-state index is -1.63. The van der Waals surface area contributed by atoms with Gasteiger partial charge in [0.05, 0.1) is 36.9 Å². The molecule has 0 aromatic carbocycles. The fourth-order valence-corrected chi connectivity index (χ4v) is 3.21. The minimum Gasteiger partial charge on any atom is -0.481 e. The molecule has 0 bridgehead atoms. The van der Waals surface area contributed by atoms with Crippen molar-refractivity contribution in [3.05, 3.63) is 60.8 Å². The summed E-state index contributed by atoms with van der Waals surface area (Å²) in [4.78, 5) is 85.2. The Labute approximate surface area is 285 Å². The first kappa shape index (κ1) is 43.9. The third kappa shape index (κ3) is 17.6. The molecule has 0 unspecified atom stereocenters. The van der Waals surface area contributed by atoms with Gasteiger partial charge in [-0.25, -0.2) is 24.0 Å². The molecule has 0 radical (unpaired) electrons. The molecule has 0 aliphatic rings. The normalized spacial score (nSPS) is 10.9. The van der Waals surface area contributed by atoms with Crippen LogP contribution in [0.15, 0.2) is 60.8 Å². The molecule has 0 amide bonds. The summed E-state index contributed by atoms with van der Waals surface area (Å²) in [5.74, 6) is -6.31. The van der Waals surface area contributed by atoms with Gasteiger partial charge in [-0.15, -0.1) is 0 Å². The summed E-state index contributed by atoms with van der Waals surface area (Å²) in [6, 6.07) is 0. The van der Waals surface area contributed by atoms with Crippen molar-refractivity contribution in [2.75, 3.05) is 52.9 Å². The number of carbonyl (C=O) groups is 7. The molecule has 15 heteroatoms. The van der Waals surface area contributed by atoms with Crippen LogP contribution in [0.5, 0.6) is 0 Å². The van der Waals surface area contributed by atoms with Gasteiger partial charge in [0, 0.05) is 27.9 Å². The number of hydrogen-bond donors (Lipinski definition) is 1. The van der Waals surface area contributed by atoms with E-state index in [0.717, 1.165) is 0 Å². The van der Waals surface area contributed by atoms with Gasteiger partial charge in [-0.1, -0.05) is 32.9 Å². The van der Waals surface area contributed by atoms with E-state index in [4.69, 9.17) is 38.3 Å². The lowest BCUT2D eigenvalue weighted by molar-refractivity contribution is -0.172. The monoisotopic (exact) mass is 694 g/mol. The van der Waals surface area contributed by atoms with Gasteiger partial charge in [-0.3, -0.25) is 9.59 Å². The smallest absolute Gasteiger partial charge is 0.333 e. The van der Waals surface area contributed by atoms with Crippen LogP contribution in [-0.4, -0.2) is 99.7 Å². The first-order chi connectivity index (χ1) is 22.7. The molecule has 1 N–H and O–H groups in total. The lowest BCUT2D eigenvalue weighted by atomic mass is 9.90. The van der Waals surface area contributed by atoms with Crippen LogP contribution in [0.1, 0.15) is 47.5 Å². The molecule has 49 heavy (non-hydrogen) atoms. The zero-order chi connectivity index (χ0) is 37.9. The quantitative estimate of drug-likeness (QED) is 0.0876. The van der Waals surface area contributed by atoms with Crippen molar-refractivity contribution in [2.24, 2.45) is 10.8 Å². The van der Waals surface area contributed by atoms with Crippen molar-refractivity contribution < 1.29 is 71.8 Å². The van der Waals surface area contributed by atoms with Crippen molar-refractivity contribution >= 4 is 41.8 Å². The number of rotatable bonds is 24. The fourth-order valence-electron chi connectivity index (χ4n) is 3.21. The highest BCUT2D eigenvalue weighted by Crippen LogP contribution is 2.27. The van der Waals surface area contributed by atoms with Gasteiger partial charge >= 0.3 is 41.8 Å². The van der Waals surface area contributed by atoms with E-state index < -0.39 is 118 Å². The first-order valence-corrected chi connectivity index (χ1v) is 14.7. The average Bonchev–Trinajstić information content (AvgIpc) is 3.03. The highest BCUT2D eigenvalue weighted by molar-refractivity contribution is 5.88. The summed E-state index contributed by atoms with van der Waals surface area (Å²) < 4.78 is 38.0. The Morgan fingerprint density at radius 3 is 0.898 bits per heavy atom. The van der Waals surface area contributed by atoms with E-state index in [9.17, 15) is 33.6 Å². The minimum absolute atomic E-state index is 0.0178. The van der Waals surface area contributed by atoms with E-state index in [-0.39, 0.29) is 27.9 Å². The van der Waals surface area contributed by atoms with Crippen LogP contribution in [0.2, 0.25) is 0 Å². The maximum Gasteiger partial charge on any atom is 0.333 e. The number of hydrogen-bond acceptors (Lipinski definition) is 14. The summed E-state index contributed by atoms with van der Waals surface area (Å²) in [6.45, 7) is 20.2. The second-order valence-electron chi connectivity index (χ2n) is 11.8. The number of aliphatic carboxylic acids is 1. The van der Waals surface area contributed by atoms with Crippen molar-refractivity contribution in [3.63, 3.8) is 0 Å². The third-order valence-electron chi connectivity index (χ3n) is 6.19. The van der Waals surface area contributed by atoms with Gasteiger partial charge in [0.1, 0.15) is 39.6 Å². The zero-order valence-electron chi connectivity index (χ0n) is 28.8. The van der Waals surface area contributed by atoms with Crippen LogP contribution in [-0.2, 0) is 66.7 Å². The van der Waals surface area contributed by atoms with Crippen molar-refractivity contribution in [1.82, 2.24) is 0 Å². The molecule has 0 heterocycles. The Morgan fingerprint density at radius 2 is 0.673 bits per heavy atom. The summed E-state index contributed by atoms with van der Waals surface area (Å²) >= 11 is 0. The standard InChI is InChI=1S/C34H46O15/c1-21(2)28(38)45-16-33(17-46-29(39)22(3)4,15-44-27(37)12-11-26(35)36)13-43-14-34(18-47-30(40)23(5)6,19-48-31(41)24(7)8)20-49-32(42)25(9)10/h1,3,5,7,9,11-20H2,2,4,6,8,10H3,(H,35,36). The Bertz CT molecular complexity index is 1230. The highest BCUT2D eigenvalue weighted by atomic mass is 16.6. The Morgan fingerprint density at radius 1 is 0.429 bits per heavy atom. The van der Waals surface area contributed by atoms with E-state index in [1.807, 2.05) is 0 Å². The number of carboxylic acids is 1. The molecule has 0 rings (SSSR count). The molecule has 15 nitrogen and oxygen atoms in total. The van der Waals surface area contributed by atoms with Crippen molar-refractivity contribution in [1.29, 1.82) is 0 Å². The second kappa shape index (κ2) is 21.0. The van der Waals surface area contributed by atoms with E-state index in [1.54, 1.807) is 0 Å². The van der Waals surface area contributed by atoms with Crippen LogP contribution < -0.4 is 0 Å². The van der Waals surface area contributed by atoms with Gasteiger partial charge < -0.3 is 38.3 Å². The van der Waals surface area contributed by atoms with Crippen LogP contribution in [0.3, 0.4) is 0 Å². The Hall–Kier alpha value is -5.05. The van der Waals surface area contributed by atoms with E-state index >= 15 is 0 Å². The summed E-state index contributed by atoms with van der Waals surface area (Å²) in [5.41, 5.74) is -3.06. The highest BCUT2D eigenvalue weighted by Gasteiger charge is 2.41. The second-order valence-corrected chi connectivity index (χ2v) is 11.8. The largest absolute Gasteiger partial charge is 0.481 e. The lowest BCUT2D eigenvalue weighted by Crippen LogP contribution is -2.47. The molecular formula is C34H46O15. The zero-order valence-corrected chi connectivity index (χ0v) is 28.8. The van der Waals surface area contributed by atoms with Crippen molar-refractivity contribution in [2.45, 2.75) is 47.5 Å². The van der Waals surface area contributed by atoms with Gasteiger partial charge in [-0.2, -0.15) is 0 Å². The maximum atomic E-state index is 12.4. The maximum absolute atomic E-state index is 12.4. The molecule has 0 saturated heterocycles. The SMILES string of the molecule is C=C(C)C(=O)OCC(COCC(COC(=O)C(=C)C)(COC(=O)C(=C)C)COC(=O)C(=C)C)(COC(=O)CCC(=O)O)COC(=O)C(=C)C. The van der Waals surface area contributed by atoms with E-state index in [2.05, 4.69) is 32.9 Å². The van der Waals surface area contributed by atoms with Crippen LogP contribution in [0, 0.1) is 10.8 Å². The Kier molecular flexibility index (Phi) is 18.9. The van der Waals surface area contributed by atoms with Gasteiger partial charge in [0.2, 0.25) is 0 Å². The van der Waals surface area contributed by atoms with Gasteiger partial charge in [0.25, 0.3) is 0 Å². The summed E-state index contributed by atoms with van der Waals surface area (Å²) in [6.07, 6.45) is -1.03. The predicted molar refractivity (Wildman–Crippen MR) is 172 cm³/mol. The predicted octanol–water partition coefficient (Wildman–Crippen LogP) is 2.98. The van der Waals surface area contributed by atoms with E-state index in [0.29, 0.717) is 0 Å². The van der Waals surface area contributed by atoms with Crippen molar-refractivity contribution in [3.8, 4) is 0 Å². The van der Waals surface area contributed by atoms with Gasteiger partial charge in [0.15, 0.2) is 0 Å². The number of ether oxygens (including phenoxy) is 7. The molecule has 0 atom stereocenters. The average molecular weight is 695 g/mol. The van der Waals surface area contributed by atoms with Gasteiger partial charge in [-0.05, 0) is 34.6 Å². The van der Waals surface area contributed by atoms with Crippen LogP contribution in [0.4, 0.5) is 0 Å². The molecular weight excluding hydrogens is 648 g/mol. The lowest BCUT2D eigenvalue weighted by Gasteiger charge is -2.35. The fraction of sp³-hybridized carbons (Fsp3) is 0.500.